The highest BCUT2D eigenvalue weighted by Crippen LogP contribution is 2.32. The third kappa shape index (κ3) is 3.95. The summed E-state index contributed by atoms with van der Waals surface area (Å²) in [5.41, 5.74) is 1.08. The first-order valence-electron chi connectivity index (χ1n) is 8.66. The second-order valence-corrected chi connectivity index (χ2v) is 6.82. The third-order valence-corrected chi connectivity index (χ3v) is 5.13. The SMILES string of the molecule is Cn1cc(CCC(=O)N2CCC([C@@H]3CC[C@H](C(=O)O)O3)CC2)cn1. The average Bonchev–Trinajstić information content (AvgIpc) is 3.22. The molecule has 0 spiro atoms. The Bertz CT molecular complexity index is 592. The molecule has 1 aromatic heterocycles. The molecule has 2 saturated heterocycles. The Labute approximate surface area is 141 Å². The van der Waals surface area contributed by atoms with Crippen LogP contribution in [-0.4, -0.2) is 57.0 Å². The molecule has 0 bridgehead atoms. The number of likely N-dealkylation sites (tertiary alicyclic amines) is 1. The number of amides is 1. The molecule has 0 aliphatic carbocycles. The van der Waals surface area contributed by atoms with Crippen LogP contribution >= 0.6 is 0 Å². The summed E-state index contributed by atoms with van der Waals surface area (Å²) in [6.45, 7) is 1.49. The Balaban J connectivity index is 1.41. The maximum Gasteiger partial charge on any atom is 0.332 e. The largest absolute Gasteiger partial charge is 0.479 e. The van der Waals surface area contributed by atoms with Crippen molar-refractivity contribution in [1.29, 1.82) is 0 Å². The Morgan fingerprint density at radius 3 is 2.62 bits per heavy atom. The van der Waals surface area contributed by atoms with Crippen LogP contribution in [0, 0.1) is 5.92 Å². The molecule has 24 heavy (non-hydrogen) atoms. The van der Waals surface area contributed by atoms with Gasteiger partial charge < -0.3 is 14.7 Å². The van der Waals surface area contributed by atoms with Gasteiger partial charge in [0.25, 0.3) is 0 Å². The van der Waals surface area contributed by atoms with E-state index in [1.807, 2.05) is 18.1 Å². The zero-order valence-electron chi connectivity index (χ0n) is 14.1. The van der Waals surface area contributed by atoms with Gasteiger partial charge in [0, 0.05) is 32.8 Å². The number of carbonyl (C=O) groups is 2. The highest BCUT2D eigenvalue weighted by molar-refractivity contribution is 5.76. The van der Waals surface area contributed by atoms with Gasteiger partial charge in [0.15, 0.2) is 6.10 Å². The predicted octanol–water partition coefficient (Wildman–Crippen LogP) is 1.22. The summed E-state index contributed by atoms with van der Waals surface area (Å²) >= 11 is 0. The molecule has 3 rings (SSSR count). The standard InChI is InChI=1S/C17H25N3O4/c1-19-11-12(10-18-19)2-5-16(21)20-8-6-13(7-9-20)14-3-4-15(24-14)17(22)23/h10-11,13-15H,2-9H2,1H3,(H,22,23)/t14-,15+/m0/s1. The molecule has 1 aromatic rings. The summed E-state index contributed by atoms with van der Waals surface area (Å²) in [4.78, 5) is 25.2. The summed E-state index contributed by atoms with van der Waals surface area (Å²) in [6, 6.07) is 0. The number of hydrogen-bond donors (Lipinski definition) is 1. The lowest BCUT2D eigenvalue weighted by Crippen LogP contribution is -2.41. The van der Waals surface area contributed by atoms with Gasteiger partial charge >= 0.3 is 5.97 Å². The summed E-state index contributed by atoms with van der Waals surface area (Å²) < 4.78 is 7.40. The first-order valence-corrected chi connectivity index (χ1v) is 8.66. The molecule has 132 valence electrons. The van der Waals surface area contributed by atoms with E-state index in [0.29, 0.717) is 18.8 Å². The lowest BCUT2D eigenvalue weighted by atomic mass is 9.89. The van der Waals surface area contributed by atoms with Crippen molar-refractivity contribution in [3.8, 4) is 0 Å². The molecule has 0 radical (unpaired) electrons. The van der Waals surface area contributed by atoms with Crippen molar-refractivity contribution in [1.82, 2.24) is 14.7 Å². The van der Waals surface area contributed by atoms with Gasteiger partial charge in [-0.2, -0.15) is 5.10 Å². The normalized spacial score (nSPS) is 25.1. The topological polar surface area (TPSA) is 84.7 Å². The van der Waals surface area contributed by atoms with E-state index in [4.69, 9.17) is 9.84 Å². The molecule has 2 aliphatic rings. The monoisotopic (exact) mass is 335 g/mol. The molecule has 2 aliphatic heterocycles. The van der Waals surface area contributed by atoms with Crippen molar-refractivity contribution in [3.05, 3.63) is 18.0 Å². The zero-order valence-corrected chi connectivity index (χ0v) is 14.1. The number of nitrogens with zero attached hydrogens (tertiary/aromatic N) is 3. The second-order valence-electron chi connectivity index (χ2n) is 6.82. The number of aliphatic carboxylic acids is 1. The van der Waals surface area contributed by atoms with E-state index >= 15 is 0 Å². The van der Waals surface area contributed by atoms with Crippen LogP contribution in [0.1, 0.15) is 37.7 Å². The van der Waals surface area contributed by atoms with Crippen LogP contribution in [0.2, 0.25) is 0 Å². The van der Waals surface area contributed by atoms with Gasteiger partial charge in [-0.15, -0.1) is 0 Å². The van der Waals surface area contributed by atoms with Crippen molar-refractivity contribution >= 4 is 11.9 Å². The summed E-state index contributed by atoms with van der Waals surface area (Å²) in [6.07, 6.45) is 7.58. The highest BCUT2D eigenvalue weighted by Gasteiger charge is 2.37. The fourth-order valence-corrected chi connectivity index (χ4v) is 3.72. The molecule has 1 amide bonds. The van der Waals surface area contributed by atoms with Crippen LogP contribution in [0.5, 0.6) is 0 Å². The van der Waals surface area contributed by atoms with Crippen molar-refractivity contribution in [2.24, 2.45) is 13.0 Å². The van der Waals surface area contributed by atoms with Gasteiger partial charge in [-0.05, 0) is 43.6 Å². The van der Waals surface area contributed by atoms with Crippen LogP contribution < -0.4 is 0 Å². The number of hydrogen-bond acceptors (Lipinski definition) is 4. The quantitative estimate of drug-likeness (QED) is 0.875. The maximum atomic E-state index is 12.3. The van der Waals surface area contributed by atoms with Crippen LogP contribution in [0.15, 0.2) is 12.4 Å². The van der Waals surface area contributed by atoms with Crippen molar-refractivity contribution < 1.29 is 19.4 Å². The number of aryl methyl sites for hydroxylation is 2. The number of aromatic nitrogens is 2. The molecule has 7 nitrogen and oxygen atoms in total. The van der Waals surface area contributed by atoms with E-state index in [2.05, 4.69) is 5.10 Å². The van der Waals surface area contributed by atoms with Gasteiger partial charge in [0.1, 0.15) is 0 Å². The molecule has 1 N–H and O–H groups in total. The Morgan fingerprint density at radius 1 is 1.29 bits per heavy atom. The van der Waals surface area contributed by atoms with Gasteiger partial charge in [-0.3, -0.25) is 9.48 Å². The first kappa shape index (κ1) is 17.0. The molecule has 0 saturated carbocycles. The van der Waals surface area contributed by atoms with Crippen molar-refractivity contribution in [3.63, 3.8) is 0 Å². The van der Waals surface area contributed by atoms with E-state index in [1.165, 1.54) is 0 Å². The molecular weight excluding hydrogens is 310 g/mol. The van der Waals surface area contributed by atoms with E-state index in [1.54, 1.807) is 10.9 Å². The molecule has 2 fully saturated rings. The lowest BCUT2D eigenvalue weighted by molar-refractivity contribution is -0.151. The summed E-state index contributed by atoms with van der Waals surface area (Å²) in [5.74, 6) is -0.301. The minimum atomic E-state index is -0.861. The molecular formula is C17H25N3O4. The van der Waals surface area contributed by atoms with Crippen LogP contribution in [0.25, 0.3) is 0 Å². The fraction of sp³-hybridized carbons (Fsp3) is 0.706. The zero-order chi connectivity index (χ0) is 17.1. The molecule has 0 unspecified atom stereocenters. The van der Waals surface area contributed by atoms with Crippen LogP contribution in [0.4, 0.5) is 0 Å². The third-order valence-electron chi connectivity index (χ3n) is 5.13. The number of ether oxygens (including phenoxy) is 1. The number of carbonyl (C=O) groups excluding carboxylic acids is 1. The average molecular weight is 335 g/mol. The lowest BCUT2D eigenvalue weighted by Gasteiger charge is -2.34. The smallest absolute Gasteiger partial charge is 0.332 e. The molecule has 0 aromatic carbocycles. The van der Waals surface area contributed by atoms with Gasteiger partial charge in [0.05, 0.1) is 12.3 Å². The Hall–Kier alpha value is -1.89. The van der Waals surface area contributed by atoms with E-state index < -0.39 is 12.1 Å². The number of rotatable bonds is 5. The molecule has 7 heteroatoms. The van der Waals surface area contributed by atoms with E-state index in [9.17, 15) is 9.59 Å². The summed E-state index contributed by atoms with van der Waals surface area (Å²) in [5, 5.41) is 13.1. The van der Waals surface area contributed by atoms with Crippen LogP contribution in [-0.2, 0) is 27.8 Å². The van der Waals surface area contributed by atoms with Gasteiger partial charge in [0.2, 0.25) is 5.91 Å². The number of piperidine rings is 1. The van der Waals surface area contributed by atoms with Crippen LogP contribution in [0.3, 0.4) is 0 Å². The minimum Gasteiger partial charge on any atom is -0.479 e. The molecule has 3 heterocycles. The number of carboxylic acid groups (broad SMARTS) is 1. The van der Waals surface area contributed by atoms with Crippen molar-refractivity contribution in [2.45, 2.75) is 50.7 Å². The Morgan fingerprint density at radius 2 is 2.04 bits per heavy atom. The maximum absolute atomic E-state index is 12.3. The van der Waals surface area contributed by atoms with E-state index in [0.717, 1.165) is 44.3 Å². The predicted molar refractivity (Wildman–Crippen MR) is 86.4 cm³/mol. The number of carboxylic acids is 1. The highest BCUT2D eigenvalue weighted by atomic mass is 16.5. The van der Waals surface area contributed by atoms with Crippen molar-refractivity contribution in [2.75, 3.05) is 13.1 Å². The fourth-order valence-electron chi connectivity index (χ4n) is 3.72. The minimum absolute atomic E-state index is 0.0405. The second kappa shape index (κ2) is 7.34. The summed E-state index contributed by atoms with van der Waals surface area (Å²) in [7, 11) is 1.87. The van der Waals surface area contributed by atoms with E-state index in [-0.39, 0.29) is 12.0 Å². The Kier molecular flexibility index (Phi) is 5.18. The van der Waals surface area contributed by atoms with Gasteiger partial charge in [-0.25, -0.2) is 4.79 Å². The molecule has 2 atom stereocenters. The van der Waals surface area contributed by atoms with Gasteiger partial charge in [-0.1, -0.05) is 0 Å². The first-order chi connectivity index (χ1) is 11.5.